The van der Waals surface area contributed by atoms with Crippen molar-refractivity contribution in [2.75, 3.05) is 18.1 Å². The van der Waals surface area contributed by atoms with Gasteiger partial charge >= 0.3 is 0 Å². The lowest BCUT2D eigenvalue weighted by molar-refractivity contribution is -0.131. The third-order valence-corrected chi connectivity index (χ3v) is 6.23. The summed E-state index contributed by atoms with van der Waals surface area (Å²) in [7, 11) is 0. The van der Waals surface area contributed by atoms with Gasteiger partial charge in [-0.15, -0.1) is 0 Å². The summed E-state index contributed by atoms with van der Waals surface area (Å²) in [5, 5.41) is 10.1. The number of halogens is 1. The number of nitrogens with zero attached hydrogens (tertiary/aromatic N) is 2. The molecule has 3 heterocycles. The SMILES string of the molecule is O=C(NC1CCSC1)c1n[nH]c2c1CCN(C(=O)Cc1ccccc1F)C2. The van der Waals surface area contributed by atoms with Gasteiger partial charge in [-0.2, -0.15) is 16.9 Å². The van der Waals surface area contributed by atoms with Crippen LogP contribution in [0.3, 0.4) is 0 Å². The van der Waals surface area contributed by atoms with Gasteiger partial charge in [-0.25, -0.2) is 4.39 Å². The van der Waals surface area contributed by atoms with Crippen molar-refractivity contribution in [1.29, 1.82) is 0 Å². The molecule has 142 valence electrons. The molecule has 1 aromatic heterocycles. The molecule has 2 N–H and O–H groups in total. The van der Waals surface area contributed by atoms with E-state index in [4.69, 9.17) is 0 Å². The van der Waals surface area contributed by atoms with E-state index < -0.39 is 0 Å². The average molecular weight is 388 g/mol. The van der Waals surface area contributed by atoms with E-state index >= 15 is 0 Å². The first kappa shape index (κ1) is 18.0. The van der Waals surface area contributed by atoms with E-state index in [1.54, 1.807) is 23.1 Å². The van der Waals surface area contributed by atoms with E-state index in [1.165, 1.54) is 6.07 Å². The van der Waals surface area contributed by atoms with Crippen LogP contribution in [0, 0.1) is 5.82 Å². The Labute approximate surface area is 160 Å². The fourth-order valence-electron chi connectivity index (χ4n) is 3.54. The number of benzene rings is 1. The highest BCUT2D eigenvalue weighted by molar-refractivity contribution is 7.99. The molecular formula is C19H21FN4O2S. The molecule has 1 saturated heterocycles. The minimum absolute atomic E-state index is 0.0306. The van der Waals surface area contributed by atoms with E-state index in [9.17, 15) is 14.0 Å². The van der Waals surface area contributed by atoms with Crippen molar-refractivity contribution < 1.29 is 14.0 Å². The number of hydrogen-bond donors (Lipinski definition) is 2. The zero-order valence-electron chi connectivity index (χ0n) is 14.8. The summed E-state index contributed by atoms with van der Waals surface area (Å²) < 4.78 is 13.8. The normalized spacial score (nSPS) is 19.0. The largest absolute Gasteiger partial charge is 0.347 e. The highest BCUT2D eigenvalue weighted by Gasteiger charge is 2.29. The summed E-state index contributed by atoms with van der Waals surface area (Å²) in [6.07, 6.45) is 1.58. The standard InChI is InChI=1S/C19H21FN4O2S/c20-15-4-2-1-3-12(15)9-17(25)24-7-5-14-16(10-24)22-23-18(14)19(26)21-13-6-8-27-11-13/h1-4,13H,5-11H2,(H,21,26)(H,22,23). The lowest BCUT2D eigenvalue weighted by Gasteiger charge is -2.27. The second-order valence-electron chi connectivity index (χ2n) is 6.90. The van der Waals surface area contributed by atoms with Crippen molar-refractivity contribution in [2.24, 2.45) is 0 Å². The summed E-state index contributed by atoms with van der Waals surface area (Å²) in [4.78, 5) is 26.7. The molecule has 2 amide bonds. The smallest absolute Gasteiger partial charge is 0.272 e. The molecule has 2 aromatic rings. The topological polar surface area (TPSA) is 78.1 Å². The van der Waals surface area contributed by atoms with Gasteiger partial charge in [0.05, 0.1) is 18.7 Å². The van der Waals surface area contributed by atoms with E-state index in [0.717, 1.165) is 29.2 Å². The number of carbonyl (C=O) groups excluding carboxylic acids is 2. The first-order valence-electron chi connectivity index (χ1n) is 9.07. The maximum Gasteiger partial charge on any atom is 0.272 e. The summed E-state index contributed by atoms with van der Waals surface area (Å²) in [6.45, 7) is 0.863. The van der Waals surface area contributed by atoms with Gasteiger partial charge in [0.1, 0.15) is 5.82 Å². The Balaban J connectivity index is 1.42. The highest BCUT2D eigenvalue weighted by Crippen LogP contribution is 2.22. The summed E-state index contributed by atoms with van der Waals surface area (Å²) in [6, 6.07) is 6.53. The molecule has 0 spiro atoms. The molecule has 0 aliphatic carbocycles. The van der Waals surface area contributed by atoms with Crippen LogP contribution in [0.4, 0.5) is 4.39 Å². The Morgan fingerprint density at radius 1 is 1.37 bits per heavy atom. The number of fused-ring (bicyclic) bond motifs is 1. The molecule has 2 aliphatic heterocycles. The van der Waals surface area contributed by atoms with Crippen molar-refractivity contribution in [3.05, 3.63) is 52.6 Å². The van der Waals surface area contributed by atoms with Gasteiger partial charge in [0.15, 0.2) is 5.69 Å². The molecule has 8 heteroatoms. The van der Waals surface area contributed by atoms with E-state index in [1.807, 2.05) is 11.8 Å². The second kappa shape index (κ2) is 7.72. The predicted molar refractivity (Wildman–Crippen MR) is 101 cm³/mol. The fraction of sp³-hybridized carbons (Fsp3) is 0.421. The van der Waals surface area contributed by atoms with E-state index in [0.29, 0.717) is 30.8 Å². The molecule has 1 unspecified atom stereocenters. The number of thioether (sulfide) groups is 1. The predicted octanol–water partition coefficient (Wildman–Crippen LogP) is 1.91. The van der Waals surface area contributed by atoms with Gasteiger partial charge in [0.25, 0.3) is 5.91 Å². The van der Waals surface area contributed by atoms with Gasteiger partial charge in [-0.1, -0.05) is 18.2 Å². The molecule has 1 atom stereocenters. The molecule has 0 saturated carbocycles. The first-order chi connectivity index (χ1) is 13.1. The third-order valence-electron chi connectivity index (χ3n) is 5.07. The zero-order valence-corrected chi connectivity index (χ0v) is 15.7. The molecule has 1 aromatic carbocycles. The fourth-order valence-corrected chi connectivity index (χ4v) is 4.69. The van der Waals surface area contributed by atoms with Crippen LogP contribution in [0.5, 0.6) is 0 Å². The zero-order chi connectivity index (χ0) is 18.8. The number of amides is 2. The second-order valence-corrected chi connectivity index (χ2v) is 8.05. The van der Waals surface area contributed by atoms with Crippen molar-refractivity contribution in [2.45, 2.75) is 31.8 Å². The minimum atomic E-state index is -0.367. The maximum absolute atomic E-state index is 13.8. The van der Waals surface area contributed by atoms with Crippen LogP contribution >= 0.6 is 11.8 Å². The Bertz CT molecular complexity index is 863. The van der Waals surface area contributed by atoms with E-state index in [2.05, 4.69) is 15.5 Å². The van der Waals surface area contributed by atoms with Crippen LogP contribution in [0.2, 0.25) is 0 Å². The van der Waals surface area contributed by atoms with Crippen molar-refractivity contribution in [3.63, 3.8) is 0 Å². The van der Waals surface area contributed by atoms with Crippen LogP contribution in [-0.2, 0) is 24.2 Å². The van der Waals surface area contributed by atoms with E-state index in [-0.39, 0.29) is 30.1 Å². The van der Waals surface area contributed by atoms with Crippen molar-refractivity contribution in [3.8, 4) is 0 Å². The van der Waals surface area contributed by atoms with Crippen molar-refractivity contribution in [1.82, 2.24) is 20.4 Å². The number of aromatic nitrogens is 2. The van der Waals surface area contributed by atoms with Gasteiger partial charge < -0.3 is 10.2 Å². The van der Waals surface area contributed by atoms with Gasteiger partial charge in [-0.05, 0) is 30.2 Å². The van der Waals surface area contributed by atoms with Crippen LogP contribution in [0.15, 0.2) is 24.3 Å². The van der Waals surface area contributed by atoms with Crippen LogP contribution in [0.25, 0.3) is 0 Å². The molecule has 6 nitrogen and oxygen atoms in total. The molecule has 2 aliphatic rings. The van der Waals surface area contributed by atoms with Crippen LogP contribution < -0.4 is 5.32 Å². The Morgan fingerprint density at radius 3 is 3.00 bits per heavy atom. The number of hydrogen-bond acceptors (Lipinski definition) is 4. The number of H-pyrrole nitrogens is 1. The molecular weight excluding hydrogens is 367 g/mol. The number of carbonyl (C=O) groups is 2. The van der Waals surface area contributed by atoms with Gasteiger partial charge in [0, 0.05) is 23.9 Å². The number of nitrogens with one attached hydrogen (secondary N) is 2. The van der Waals surface area contributed by atoms with Gasteiger partial charge in [-0.3, -0.25) is 14.7 Å². The first-order valence-corrected chi connectivity index (χ1v) is 10.2. The molecule has 4 rings (SSSR count). The molecule has 1 fully saturated rings. The Kier molecular flexibility index (Phi) is 5.15. The number of rotatable bonds is 4. The maximum atomic E-state index is 13.8. The van der Waals surface area contributed by atoms with Crippen LogP contribution in [0.1, 0.15) is 33.7 Å². The Morgan fingerprint density at radius 2 is 2.22 bits per heavy atom. The Hall–Kier alpha value is -2.35. The van der Waals surface area contributed by atoms with Crippen molar-refractivity contribution >= 4 is 23.6 Å². The summed E-state index contributed by atoms with van der Waals surface area (Å²) in [5.41, 5.74) is 2.50. The number of aromatic amines is 1. The molecule has 0 bridgehead atoms. The average Bonchev–Trinajstić information content (AvgIpc) is 3.32. The van der Waals surface area contributed by atoms with Gasteiger partial charge in [0.2, 0.25) is 5.91 Å². The third kappa shape index (κ3) is 3.85. The molecule has 27 heavy (non-hydrogen) atoms. The lowest BCUT2D eigenvalue weighted by atomic mass is 10.0. The highest BCUT2D eigenvalue weighted by atomic mass is 32.2. The quantitative estimate of drug-likeness (QED) is 0.839. The summed E-state index contributed by atoms with van der Waals surface area (Å²) in [5.74, 6) is 1.37. The summed E-state index contributed by atoms with van der Waals surface area (Å²) >= 11 is 1.84. The molecule has 0 radical (unpaired) electrons. The monoisotopic (exact) mass is 388 g/mol. The van der Waals surface area contributed by atoms with Crippen LogP contribution in [-0.4, -0.2) is 51.0 Å². The lowest BCUT2D eigenvalue weighted by Crippen LogP contribution is -2.38. The minimum Gasteiger partial charge on any atom is -0.347 e.